The van der Waals surface area contributed by atoms with Crippen molar-refractivity contribution in [1.29, 1.82) is 0 Å². The van der Waals surface area contributed by atoms with Crippen LogP contribution < -0.4 is 5.32 Å². The zero-order valence-electron chi connectivity index (χ0n) is 11.0. The monoisotopic (exact) mass is 248 g/mol. The van der Waals surface area contributed by atoms with Crippen molar-refractivity contribution >= 4 is 11.4 Å². The van der Waals surface area contributed by atoms with Crippen LogP contribution in [0, 0.1) is 28.9 Å². The average Bonchev–Trinajstić information content (AvgIpc) is 2.73. The van der Waals surface area contributed by atoms with Crippen molar-refractivity contribution in [3.63, 3.8) is 0 Å². The third-order valence-electron chi connectivity index (χ3n) is 3.82. The first-order valence-electron chi connectivity index (χ1n) is 6.55. The van der Waals surface area contributed by atoms with Crippen molar-refractivity contribution in [2.45, 2.75) is 33.1 Å². The molecule has 0 aliphatic heterocycles. The number of nitro groups is 1. The summed E-state index contributed by atoms with van der Waals surface area (Å²) in [5.74, 6) is 1.45. The summed E-state index contributed by atoms with van der Waals surface area (Å²) >= 11 is 0. The fourth-order valence-electron chi connectivity index (χ4n) is 2.79. The Labute approximate surface area is 108 Å². The molecule has 98 valence electrons. The number of benzene rings is 1. The Hall–Kier alpha value is -1.58. The second kappa shape index (κ2) is 5.38. The summed E-state index contributed by atoms with van der Waals surface area (Å²) < 4.78 is 0. The fraction of sp³-hybridized carbons (Fsp3) is 0.571. The van der Waals surface area contributed by atoms with Gasteiger partial charge < -0.3 is 5.32 Å². The highest BCUT2D eigenvalue weighted by molar-refractivity contribution is 5.65. The first-order valence-corrected chi connectivity index (χ1v) is 6.55. The molecule has 1 saturated carbocycles. The number of anilines is 1. The van der Waals surface area contributed by atoms with Crippen molar-refractivity contribution in [1.82, 2.24) is 0 Å². The van der Waals surface area contributed by atoms with Gasteiger partial charge in [-0.05, 0) is 37.2 Å². The van der Waals surface area contributed by atoms with Gasteiger partial charge in [-0.25, -0.2) is 0 Å². The van der Waals surface area contributed by atoms with Gasteiger partial charge in [0.25, 0.3) is 5.69 Å². The second-order valence-electron chi connectivity index (χ2n) is 5.39. The van der Waals surface area contributed by atoms with Crippen LogP contribution in [-0.4, -0.2) is 11.5 Å². The number of rotatable bonds is 4. The Kier molecular flexibility index (Phi) is 3.84. The number of nitro benzene ring substituents is 1. The highest BCUT2D eigenvalue weighted by Gasteiger charge is 2.22. The zero-order valence-corrected chi connectivity index (χ0v) is 11.0. The van der Waals surface area contributed by atoms with Crippen LogP contribution in [0.5, 0.6) is 0 Å². The minimum Gasteiger partial charge on any atom is -0.379 e. The smallest absolute Gasteiger partial charge is 0.292 e. The van der Waals surface area contributed by atoms with Crippen molar-refractivity contribution in [3.05, 3.63) is 33.9 Å². The van der Waals surface area contributed by atoms with E-state index in [9.17, 15) is 10.1 Å². The van der Waals surface area contributed by atoms with Gasteiger partial charge in [-0.15, -0.1) is 0 Å². The molecule has 0 radical (unpaired) electrons. The van der Waals surface area contributed by atoms with Gasteiger partial charge in [0.2, 0.25) is 0 Å². The number of para-hydroxylation sites is 1. The lowest BCUT2D eigenvalue weighted by atomic mass is 10.1. The van der Waals surface area contributed by atoms with Crippen molar-refractivity contribution < 1.29 is 4.92 Å². The molecule has 1 fully saturated rings. The molecule has 1 aromatic carbocycles. The summed E-state index contributed by atoms with van der Waals surface area (Å²) in [7, 11) is 0. The Morgan fingerprint density at radius 1 is 1.44 bits per heavy atom. The Morgan fingerprint density at radius 3 is 2.83 bits per heavy atom. The van der Waals surface area contributed by atoms with E-state index in [-0.39, 0.29) is 10.6 Å². The number of hydrogen-bond acceptors (Lipinski definition) is 3. The molecule has 2 rings (SSSR count). The molecule has 4 heteroatoms. The Bertz CT molecular complexity index is 445. The van der Waals surface area contributed by atoms with Crippen LogP contribution >= 0.6 is 0 Å². The summed E-state index contributed by atoms with van der Waals surface area (Å²) in [6.45, 7) is 5.03. The fourth-order valence-corrected chi connectivity index (χ4v) is 2.79. The molecule has 1 N–H and O–H groups in total. The number of nitrogens with zero attached hydrogens (tertiary/aromatic N) is 1. The highest BCUT2D eigenvalue weighted by Crippen LogP contribution is 2.32. The minimum absolute atomic E-state index is 0.182. The van der Waals surface area contributed by atoms with E-state index in [0.717, 1.165) is 18.0 Å². The van der Waals surface area contributed by atoms with Crippen LogP contribution in [-0.2, 0) is 0 Å². The van der Waals surface area contributed by atoms with Gasteiger partial charge in [-0.1, -0.05) is 25.5 Å². The van der Waals surface area contributed by atoms with Gasteiger partial charge in [0.15, 0.2) is 0 Å². The molecule has 2 atom stereocenters. The standard InChI is InChI=1S/C14H20N2O2/c1-10-6-7-12(8-10)9-15-14-11(2)4-3-5-13(14)16(17)18/h3-5,10,12,15H,6-9H2,1-2H3. The van der Waals surface area contributed by atoms with Crippen LogP contribution in [0.4, 0.5) is 11.4 Å². The predicted molar refractivity (Wildman–Crippen MR) is 72.8 cm³/mol. The van der Waals surface area contributed by atoms with E-state index in [4.69, 9.17) is 0 Å². The van der Waals surface area contributed by atoms with Crippen LogP contribution in [0.3, 0.4) is 0 Å². The Balaban J connectivity index is 2.06. The Morgan fingerprint density at radius 2 is 2.22 bits per heavy atom. The van der Waals surface area contributed by atoms with Gasteiger partial charge in [0, 0.05) is 12.6 Å². The average molecular weight is 248 g/mol. The molecule has 0 spiro atoms. The molecule has 1 aliphatic rings. The lowest BCUT2D eigenvalue weighted by molar-refractivity contribution is -0.384. The summed E-state index contributed by atoms with van der Waals surface area (Å²) in [6, 6.07) is 5.20. The second-order valence-corrected chi connectivity index (χ2v) is 5.39. The quantitative estimate of drug-likeness (QED) is 0.652. The highest BCUT2D eigenvalue weighted by atomic mass is 16.6. The molecule has 0 heterocycles. The van der Waals surface area contributed by atoms with E-state index >= 15 is 0 Å². The number of hydrogen-bond donors (Lipinski definition) is 1. The first kappa shape index (κ1) is 12.9. The van der Waals surface area contributed by atoms with Gasteiger partial charge in [0.1, 0.15) is 5.69 Å². The maximum atomic E-state index is 11.0. The SMILES string of the molecule is Cc1cccc([N+](=O)[O-])c1NCC1CCC(C)C1. The normalized spacial score (nSPS) is 23.0. The molecule has 0 saturated heterocycles. The molecule has 0 amide bonds. The molecule has 4 nitrogen and oxygen atoms in total. The summed E-state index contributed by atoms with van der Waals surface area (Å²) in [4.78, 5) is 10.7. The zero-order chi connectivity index (χ0) is 13.1. The predicted octanol–water partition coefficient (Wildman–Crippen LogP) is 3.75. The van der Waals surface area contributed by atoms with Crippen molar-refractivity contribution in [2.75, 3.05) is 11.9 Å². The van der Waals surface area contributed by atoms with E-state index in [1.807, 2.05) is 13.0 Å². The third-order valence-corrected chi connectivity index (χ3v) is 3.82. The van der Waals surface area contributed by atoms with Crippen LogP contribution in [0.2, 0.25) is 0 Å². The number of nitrogens with one attached hydrogen (secondary N) is 1. The molecule has 1 aliphatic carbocycles. The van der Waals surface area contributed by atoms with Crippen LogP contribution in [0.15, 0.2) is 18.2 Å². The largest absolute Gasteiger partial charge is 0.379 e. The lowest BCUT2D eigenvalue weighted by Gasteiger charge is -2.14. The minimum atomic E-state index is -0.313. The van der Waals surface area contributed by atoms with E-state index in [1.165, 1.54) is 19.3 Å². The molecule has 1 aromatic rings. The van der Waals surface area contributed by atoms with Gasteiger partial charge in [-0.2, -0.15) is 0 Å². The molecule has 2 unspecified atom stereocenters. The summed E-state index contributed by atoms with van der Waals surface area (Å²) in [6.07, 6.45) is 3.74. The third kappa shape index (κ3) is 2.81. The summed E-state index contributed by atoms with van der Waals surface area (Å²) in [5, 5.41) is 14.3. The maximum Gasteiger partial charge on any atom is 0.292 e. The molecule has 0 aromatic heterocycles. The molecular formula is C14H20N2O2. The van der Waals surface area contributed by atoms with Gasteiger partial charge >= 0.3 is 0 Å². The molecular weight excluding hydrogens is 228 g/mol. The topological polar surface area (TPSA) is 55.2 Å². The molecule has 0 bridgehead atoms. The van der Waals surface area contributed by atoms with Gasteiger partial charge in [-0.3, -0.25) is 10.1 Å². The first-order chi connectivity index (χ1) is 8.58. The van der Waals surface area contributed by atoms with Crippen molar-refractivity contribution in [3.8, 4) is 0 Å². The maximum absolute atomic E-state index is 11.0. The van der Waals surface area contributed by atoms with E-state index in [1.54, 1.807) is 12.1 Å². The molecule has 18 heavy (non-hydrogen) atoms. The lowest BCUT2D eigenvalue weighted by Crippen LogP contribution is -2.13. The number of aryl methyl sites for hydroxylation is 1. The van der Waals surface area contributed by atoms with Crippen LogP contribution in [0.1, 0.15) is 31.7 Å². The van der Waals surface area contributed by atoms with E-state index < -0.39 is 0 Å². The van der Waals surface area contributed by atoms with Gasteiger partial charge in [0.05, 0.1) is 4.92 Å². The van der Waals surface area contributed by atoms with E-state index in [0.29, 0.717) is 11.6 Å². The van der Waals surface area contributed by atoms with Crippen molar-refractivity contribution in [2.24, 2.45) is 11.8 Å². The van der Waals surface area contributed by atoms with E-state index in [2.05, 4.69) is 12.2 Å². The summed E-state index contributed by atoms with van der Waals surface area (Å²) in [5.41, 5.74) is 1.80. The van der Waals surface area contributed by atoms with Crippen LogP contribution in [0.25, 0.3) is 0 Å².